The van der Waals surface area contributed by atoms with Crippen LogP contribution in [0.2, 0.25) is 13.3 Å². The molecule has 2 aromatic heterocycles. The first-order valence-corrected chi connectivity index (χ1v) is 20.2. The summed E-state index contributed by atoms with van der Waals surface area (Å²) in [7, 11) is 0. The van der Waals surface area contributed by atoms with Crippen LogP contribution in [0.4, 0.5) is 0 Å². The normalized spacial score (nSPS) is 12.1. The summed E-state index contributed by atoms with van der Waals surface area (Å²) in [4.78, 5) is 3.05. The van der Waals surface area contributed by atoms with E-state index >= 15 is 0 Å². The Morgan fingerprint density at radius 1 is 0.769 bits per heavy atom. The molecule has 26 heavy (non-hydrogen) atoms. The molecule has 2 aromatic rings. The second-order valence-corrected chi connectivity index (χ2v) is 25.4. The summed E-state index contributed by atoms with van der Waals surface area (Å²) in [5.41, 5.74) is 2.95. The number of hydrogen-bond donors (Lipinski definition) is 0. The Kier molecular flexibility index (Phi) is 9.73. The molecule has 0 aliphatic heterocycles. The third kappa shape index (κ3) is 5.61. The summed E-state index contributed by atoms with van der Waals surface area (Å²) >= 11 is 5.49. The molecule has 0 atom stereocenters. The summed E-state index contributed by atoms with van der Waals surface area (Å²) in [6, 6.07) is 4.91. The molecule has 0 nitrogen and oxygen atoms in total. The predicted octanol–water partition coefficient (Wildman–Crippen LogP) is 8.91. The number of hydrogen-bond acceptors (Lipinski definition) is 2. The van der Waals surface area contributed by atoms with Crippen molar-refractivity contribution in [1.82, 2.24) is 0 Å². The molecule has 0 aliphatic rings. The Labute approximate surface area is 181 Å². The minimum absolute atomic E-state index is 1.26. The number of aryl methyl sites for hydroxylation is 2. The molecule has 2 rings (SSSR count). The molecule has 146 valence electrons. The van der Waals surface area contributed by atoms with E-state index in [1.54, 1.807) is 18.2 Å². The van der Waals surface area contributed by atoms with Gasteiger partial charge in [-0.15, -0.1) is 0 Å². The van der Waals surface area contributed by atoms with Gasteiger partial charge in [0, 0.05) is 0 Å². The molecular formula is C22H35BrS2Sn. The van der Waals surface area contributed by atoms with Crippen molar-refractivity contribution in [3.63, 3.8) is 0 Å². The van der Waals surface area contributed by atoms with Gasteiger partial charge in [0.05, 0.1) is 0 Å². The fraction of sp³-hybridized carbons (Fsp3) is 0.636. The van der Waals surface area contributed by atoms with Crippen molar-refractivity contribution in [2.24, 2.45) is 0 Å². The van der Waals surface area contributed by atoms with E-state index < -0.39 is 18.4 Å². The van der Waals surface area contributed by atoms with Gasteiger partial charge in [0.25, 0.3) is 0 Å². The molecule has 0 fully saturated rings. The average molecular weight is 562 g/mol. The Balaban J connectivity index is 2.45. The molecule has 0 spiro atoms. The van der Waals surface area contributed by atoms with E-state index in [1.165, 1.54) is 58.3 Å². The summed E-state index contributed by atoms with van der Waals surface area (Å²) < 4.78 is 7.83. The summed E-state index contributed by atoms with van der Waals surface area (Å²) in [6.45, 7) is 11.7. The molecule has 0 aromatic carbocycles. The van der Waals surface area contributed by atoms with Crippen LogP contribution in [0.15, 0.2) is 15.9 Å². The van der Waals surface area contributed by atoms with E-state index in [0.29, 0.717) is 0 Å². The zero-order chi connectivity index (χ0) is 19.2. The quantitative estimate of drug-likeness (QED) is 0.240. The molecular weight excluding hydrogens is 527 g/mol. The van der Waals surface area contributed by atoms with Crippen LogP contribution in [-0.4, -0.2) is 18.4 Å². The molecule has 0 N–H and O–H groups in total. The topological polar surface area (TPSA) is 0 Å². The van der Waals surface area contributed by atoms with Gasteiger partial charge in [-0.1, -0.05) is 0 Å². The molecule has 0 amide bonds. The van der Waals surface area contributed by atoms with Gasteiger partial charge >= 0.3 is 183 Å². The van der Waals surface area contributed by atoms with Gasteiger partial charge in [-0.3, -0.25) is 0 Å². The van der Waals surface area contributed by atoms with Crippen LogP contribution in [0.3, 0.4) is 0 Å². The van der Waals surface area contributed by atoms with Crippen LogP contribution in [-0.2, 0) is 0 Å². The maximum atomic E-state index is 3.69. The van der Waals surface area contributed by atoms with Crippen molar-refractivity contribution >= 4 is 59.9 Å². The van der Waals surface area contributed by atoms with Crippen molar-refractivity contribution in [3.8, 4) is 9.75 Å². The van der Waals surface area contributed by atoms with Crippen molar-refractivity contribution in [2.75, 3.05) is 0 Å². The summed E-state index contributed by atoms with van der Waals surface area (Å²) in [6.07, 6.45) is 8.39. The van der Waals surface area contributed by atoms with E-state index in [0.717, 1.165) is 0 Å². The van der Waals surface area contributed by atoms with Crippen LogP contribution in [0.25, 0.3) is 9.75 Å². The second-order valence-electron chi connectivity index (χ2n) is 7.78. The molecule has 0 saturated heterocycles. The molecule has 4 heteroatoms. The molecule has 0 bridgehead atoms. The van der Waals surface area contributed by atoms with Crippen LogP contribution in [0.1, 0.15) is 70.4 Å². The molecule has 0 radical (unpaired) electrons. The Morgan fingerprint density at radius 2 is 1.23 bits per heavy atom. The SMILES string of the molecule is CCC[CH2][Sn]([CH2]CCC)([CH2]CCC)[c]1cc(C)c(-c2sc(Br)cc2C)s1. The van der Waals surface area contributed by atoms with Gasteiger partial charge in [-0.05, 0) is 0 Å². The zero-order valence-electron chi connectivity index (χ0n) is 17.2. The van der Waals surface area contributed by atoms with Crippen molar-refractivity contribution in [3.05, 3.63) is 27.0 Å². The van der Waals surface area contributed by atoms with E-state index in [-0.39, 0.29) is 0 Å². The van der Waals surface area contributed by atoms with Gasteiger partial charge in [-0.2, -0.15) is 0 Å². The predicted molar refractivity (Wildman–Crippen MR) is 129 cm³/mol. The number of halogens is 1. The first-order valence-electron chi connectivity index (χ1n) is 10.3. The molecule has 0 unspecified atom stereocenters. The van der Waals surface area contributed by atoms with E-state index in [1.807, 2.05) is 14.2 Å². The van der Waals surface area contributed by atoms with Crippen LogP contribution < -0.4 is 2.89 Å². The van der Waals surface area contributed by atoms with Crippen LogP contribution in [0, 0.1) is 13.8 Å². The molecule has 0 aliphatic carbocycles. The minimum atomic E-state index is -2.29. The number of thiophene rings is 2. The Bertz CT molecular complexity index is 665. The third-order valence-corrected chi connectivity index (χ3v) is 26.9. The monoisotopic (exact) mass is 562 g/mol. The fourth-order valence-electron chi connectivity index (χ4n) is 3.93. The van der Waals surface area contributed by atoms with Gasteiger partial charge in [-0.25, -0.2) is 0 Å². The zero-order valence-corrected chi connectivity index (χ0v) is 23.3. The standard InChI is InChI=1S/C10H8BrS2.3C4H9.Sn/c1-6-3-4-12-9(6)10-7(2)5-8(11)13-10;3*1-3-4-2;/h3,5H,1-2H3;3*1,3-4H2,2H3;. The molecule has 0 saturated carbocycles. The third-order valence-electron chi connectivity index (χ3n) is 5.56. The first kappa shape index (κ1) is 23.0. The van der Waals surface area contributed by atoms with Crippen molar-refractivity contribution in [1.29, 1.82) is 0 Å². The van der Waals surface area contributed by atoms with Gasteiger partial charge in [0.1, 0.15) is 0 Å². The van der Waals surface area contributed by atoms with Crippen molar-refractivity contribution < 1.29 is 0 Å². The second kappa shape index (κ2) is 11.0. The Morgan fingerprint density at radius 3 is 1.65 bits per heavy atom. The van der Waals surface area contributed by atoms with Gasteiger partial charge < -0.3 is 0 Å². The average Bonchev–Trinajstić information content (AvgIpc) is 3.16. The van der Waals surface area contributed by atoms with Crippen LogP contribution >= 0.6 is 38.6 Å². The van der Waals surface area contributed by atoms with Gasteiger partial charge in [0.2, 0.25) is 0 Å². The summed E-state index contributed by atoms with van der Waals surface area (Å²) in [5.74, 6) is 0. The number of rotatable bonds is 11. The maximum absolute atomic E-state index is 3.69. The van der Waals surface area contributed by atoms with E-state index in [9.17, 15) is 0 Å². The molecule has 2 heterocycles. The first-order chi connectivity index (χ1) is 12.5. The van der Waals surface area contributed by atoms with Gasteiger partial charge in [0.15, 0.2) is 0 Å². The van der Waals surface area contributed by atoms with E-state index in [4.69, 9.17) is 0 Å². The summed E-state index contributed by atoms with van der Waals surface area (Å²) in [5, 5.41) is 0. The van der Waals surface area contributed by atoms with Crippen LogP contribution in [0.5, 0.6) is 0 Å². The van der Waals surface area contributed by atoms with E-state index in [2.05, 4.69) is 74.0 Å². The van der Waals surface area contributed by atoms with Crippen molar-refractivity contribution in [2.45, 2.75) is 86.5 Å². The Hall–Kier alpha value is 0.679. The fourth-order valence-corrected chi connectivity index (χ4v) is 26.4. The number of unbranched alkanes of at least 4 members (excludes halogenated alkanes) is 3.